The molecule has 1 fully saturated rings. The monoisotopic (exact) mass is 426 g/mol. The van der Waals surface area contributed by atoms with Crippen molar-refractivity contribution in [2.45, 2.75) is 25.0 Å². The van der Waals surface area contributed by atoms with E-state index in [1.807, 2.05) is 12.1 Å². The van der Waals surface area contributed by atoms with E-state index in [0.29, 0.717) is 48.8 Å². The number of aliphatic hydroxyl groups is 1. The van der Waals surface area contributed by atoms with Crippen molar-refractivity contribution >= 4 is 5.91 Å². The number of halogens is 1. The molecule has 0 aliphatic carbocycles. The van der Waals surface area contributed by atoms with Gasteiger partial charge in [-0.15, -0.1) is 0 Å². The van der Waals surface area contributed by atoms with Crippen LogP contribution >= 0.6 is 0 Å². The molecule has 1 aliphatic heterocycles. The smallest absolute Gasteiger partial charge is 0.276 e. The van der Waals surface area contributed by atoms with Crippen molar-refractivity contribution in [1.82, 2.24) is 10.1 Å². The van der Waals surface area contributed by atoms with E-state index in [2.05, 4.69) is 5.16 Å². The van der Waals surface area contributed by atoms with Crippen LogP contribution in [0, 0.1) is 5.82 Å². The molecule has 1 aromatic heterocycles. The molecule has 2 atom stereocenters. The first-order chi connectivity index (χ1) is 15.0. The van der Waals surface area contributed by atoms with Gasteiger partial charge in [-0.05, 0) is 42.8 Å². The van der Waals surface area contributed by atoms with Gasteiger partial charge < -0.3 is 24.0 Å². The quantitative estimate of drug-likeness (QED) is 0.672. The Morgan fingerprint density at radius 3 is 2.65 bits per heavy atom. The molecule has 2 aromatic carbocycles. The molecule has 0 bridgehead atoms. The van der Waals surface area contributed by atoms with Crippen molar-refractivity contribution in [2.75, 3.05) is 20.2 Å². The van der Waals surface area contributed by atoms with Crippen molar-refractivity contribution in [3.63, 3.8) is 0 Å². The molecule has 162 valence electrons. The first-order valence-electron chi connectivity index (χ1n) is 10.0. The Kier molecular flexibility index (Phi) is 6.18. The van der Waals surface area contributed by atoms with Crippen molar-refractivity contribution in [1.29, 1.82) is 0 Å². The topological polar surface area (TPSA) is 85.0 Å². The van der Waals surface area contributed by atoms with Gasteiger partial charge in [0.05, 0.1) is 13.2 Å². The van der Waals surface area contributed by atoms with Crippen LogP contribution in [0.1, 0.15) is 23.3 Å². The molecule has 1 amide bonds. The average molecular weight is 426 g/mol. The Morgan fingerprint density at radius 2 is 1.87 bits per heavy atom. The Hall–Kier alpha value is -3.39. The largest absolute Gasteiger partial charge is 0.497 e. The molecule has 8 heteroatoms. The zero-order chi connectivity index (χ0) is 21.8. The van der Waals surface area contributed by atoms with Gasteiger partial charge in [-0.25, -0.2) is 4.39 Å². The second-order valence-electron chi connectivity index (χ2n) is 7.36. The number of rotatable bonds is 5. The number of aromatic nitrogens is 1. The highest BCUT2D eigenvalue weighted by molar-refractivity contribution is 5.93. The molecule has 0 spiro atoms. The van der Waals surface area contributed by atoms with Crippen molar-refractivity contribution in [2.24, 2.45) is 0 Å². The zero-order valence-corrected chi connectivity index (χ0v) is 17.0. The summed E-state index contributed by atoms with van der Waals surface area (Å²) in [5, 5.41) is 14.4. The maximum absolute atomic E-state index is 13.1. The third-order valence-corrected chi connectivity index (χ3v) is 5.28. The van der Waals surface area contributed by atoms with Crippen LogP contribution in [0.25, 0.3) is 11.3 Å². The number of benzene rings is 2. The summed E-state index contributed by atoms with van der Waals surface area (Å²) >= 11 is 0. The average Bonchev–Trinajstić information content (AvgIpc) is 3.21. The second kappa shape index (κ2) is 9.18. The molecule has 1 aliphatic rings. The molecule has 2 heterocycles. The van der Waals surface area contributed by atoms with E-state index in [0.717, 1.165) is 0 Å². The van der Waals surface area contributed by atoms with Crippen LogP contribution in [-0.2, 0) is 0 Å². The summed E-state index contributed by atoms with van der Waals surface area (Å²) in [5.41, 5.74) is 0.798. The molecule has 0 saturated carbocycles. The first-order valence-corrected chi connectivity index (χ1v) is 10.0. The van der Waals surface area contributed by atoms with E-state index in [1.165, 1.54) is 12.1 Å². The van der Waals surface area contributed by atoms with Crippen molar-refractivity contribution in [3.8, 4) is 22.8 Å². The summed E-state index contributed by atoms with van der Waals surface area (Å²) < 4.78 is 29.5. The lowest BCUT2D eigenvalue weighted by molar-refractivity contribution is 0.0349. The van der Waals surface area contributed by atoms with Gasteiger partial charge in [0.25, 0.3) is 5.91 Å². The summed E-state index contributed by atoms with van der Waals surface area (Å²) in [6.07, 6.45) is -0.316. The van der Waals surface area contributed by atoms with Crippen LogP contribution in [0.4, 0.5) is 4.39 Å². The number of nitrogens with zero attached hydrogens (tertiary/aromatic N) is 2. The number of likely N-dealkylation sites (tertiary alicyclic amines) is 1. The number of amides is 1. The van der Waals surface area contributed by atoms with Gasteiger partial charge in [0, 0.05) is 37.2 Å². The molecule has 0 radical (unpaired) electrons. The minimum absolute atomic E-state index is 0.168. The highest BCUT2D eigenvalue weighted by Crippen LogP contribution is 2.25. The van der Waals surface area contributed by atoms with E-state index in [1.54, 1.807) is 42.3 Å². The number of carbonyl (C=O) groups excluding carboxylic acids is 1. The first kappa shape index (κ1) is 20.9. The Balaban J connectivity index is 1.42. The number of hydrogen-bond donors (Lipinski definition) is 1. The van der Waals surface area contributed by atoms with Gasteiger partial charge in [0.2, 0.25) is 0 Å². The lowest BCUT2D eigenvalue weighted by atomic mass is 10.1. The Bertz CT molecular complexity index is 1040. The van der Waals surface area contributed by atoms with E-state index >= 15 is 0 Å². The minimum Gasteiger partial charge on any atom is -0.497 e. The lowest BCUT2D eigenvalue weighted by Crippen LogP contribution is -2.32. The number of ether oxygens (including phenoxy) is 2. The molecule has 0 unspecified atom stereocenters. The fraction of sp³-hybridized carbons (Fsp3) is 0.304. The molecule has 4 rings (SSSR count). The van der Waals surface area contributed by atoms with Crippen LogP contribution in [0.15, 0.2) is 59.1 Å². The van der Waals surface area contributed by atoms with Gasteiger partial charge in [-0.2, -0.15) is 0 Å². The van der Waals surface area contributed by atoms with Crippen molar-refractivity contribution in [3.05, 3.63) is 66.1 Å². The molecular weight excluding hydrogens is 403 g/mol. The fourth-order valence-corrected chi connectivity index (χ4v) is 3.54. The third-order valence-electron chi connectivity index (χ3n) is 5.28. The molecule has 1 N–H and O–H groups in total. The standard InChI is InChI=1S/C23H23FN2O5/c1-29-17-3-2-4-18(13-17)30-21-10-12-26(11-9-20(21)27)23(28)19-14-22(31-25-19)15-5-7-16(24)8-6-15/h2-8,13-14,20-21,27H,9-12H2,1H3/t20-,21-/m0/s1. The Morgan fingerprint density at radius 1 is 1.13 bits per heavy atom. The van der Waals surface area contributed by atoms with Gasteiger partial charge in [-0.1, -0.05) is 11.2 Å². The fourth-order valence-electron chi connectivity index (χ4n) is 3.54. The van der Waals surface area contributed by atoms with E-state index < -0.39 is 12.2 Å². The predicted octanol–water partition coefficient (Wildman–Crippen LogP) is 3.53. The lowest BCUT2D eigenvalue weighted by Gasteiger charge is -2.22. The number of methoxy groups -OCH3 is 1. The van der Waals surface area contributed by atoms with Crippen LogP contribution in [0.3, 0.4) is 0 Å². The van der Waals surface area contributed by atoms with Crippen LogP contribution < -0.4 is 9.47 Å². The van der Waals surface area contributed by atoms with Crippen molar-refractivity contribution < 1.29 is 28.3 Å². The highest BCUT2D eigenvalue weighted by Gasteiger charge is 2.30. The maximum atomic E-state index is 13.1. The van der Waals surface area contributed by atoms with Gasteiger partial charge >= 0.3 is 0 Å². The van der Waals surface area contributed by atoms with Gasteiger partial charge in [0.15, 0.2) is 11.5 Å². The Labute approximate surface area is 179 Å². The van der Waals surface area contributed by atoms with Gasteiger partial charge in [-0.3, -0.25) is 4.79 Å². The van der Waals surface area contributed by atoms with Crippen LogP contribution in [-0.4, -0.2) is 53.5 Å². The second-order valence-corrected chi connectivity index (χ2v) is 7.36. The summed E-state index contributed by atoms with van der Waals surface area (Å²) in [5.74, 6) is 1.02. The van der Waals surface area contributed by atoms with Crippen LogP contribution in [0.5, 0.6) is 11.5 Å². The number of carbonyl (C=O) groups is 1. The summed E-state index contributed by atoms with van der Waals surface area (Å²) in [7, 11) is 1.58. The van der Waals surface area contributed by atoms with Crippen LogP contribution in [0.2, 0.25) is 0 Å². The number of hydrogen-bond acceptors (Lipinski definition) is 6. The zero-order valence-electron chi connectivity index (χ0n) is 17.0. The molecule has 7 nitrogen and oxygen atoms in total. The molecular formula is C23H23FN2O5. The summed E-state index contributed by atoms with van der Waals surface area (Å²) in [6, 6.07) is 14.5. The summed E-state index contributed by atoms with van der Waals surface area (Å²) in [4.78, 5) is 14.5. The molecule has 3 aromatic rings. The van der Waals surface area contributed by atoms with E-state index in [-0.39, 0.29) is 17.4 Å². The minimum atomic E-state index is -0.712. The van der Waals surface area contributed by atoms with E-state index in [9.17, 15) is 14.3 Å². The van der Waals surface area contributed by atoms with E-state index in [4.69, 9.17) is 14.0 Å². The predicted molar refractivity (Wildman–Crippen MR) is 110 cm³/mol. The highest BCUT2D eigenvalue weighted by atomic mass is 19.1. The third kappa shape index (κ3) is 4.86. The van der Waals surface area contributed by atoms with Gasteiger partial charge in [0.1, 0.15) is 23.4 Å². The molecule has 1 saturated heterocycles. The summed E-state index contributed by atoms with van der Waals surface area (Å²) in [6.45, 7) is 0.778. The maximum Gasteiger partial charge on any atom is 0.276 e. The molecule has 31 heavy (non-hydrogen) atoms. The SMILES string of the molecule is COc1cccc(O[C@H]2CCN(C(=O)c3cc(-c4ccc(F)cc4)on3)CC[C@@H]2O)c1. The number of aliphatic hydroxyl groups excluding tert-OH is 1. The normalized spacial score (nSPS) is 19.0.